The molecule has 232 valence electrons. The third-order valence-electron chi connectivity index (χ3n) is 9.16. The number of piperidine rings is 1. The predicted octanol–water partition coefficient (Wildman–Crippen LogP) is 5.79. The van der Waals surface area contributed by atoms with E-state index in [0.29, 0.717) is 29.2 Å². The van der Waals surface area contributed by atoms with E-state index < -0.39 is 0 Å². The van der Waals surface area contributed by atoms with Crippen molar-refractivity contribution in [3.05, 3.63) is 142 Å². The van der Waals surface area contributed by atoms with E-state index in [1.165, 1.54) is 4.90 Å². The van der Waals surface area contributed by atoms with Crippen molar-refractivity contribution >= 4 is 40.2 Å². The zero-order valence-electron chi connectivity index (χ0n) is 25.4. The summed E-state index contributed by atoms with van der Waals surface area (Å²) in [6, 6.07) is 35.4. The molecule has 0 saturated carbocycles. The van der Waals surface area contributed by atoms with Gasteiger partial charge in [-0.2, -0.15) is 0 Å². The topological polar surface area (TPSA) is 79.6 Å². The molecule has 3 heterocycles. The van der Waals surface area contributed by atoms with Gasteiger partial charge in [-0.25, -0.2) is 4.79 Å². The predicted molar refractivity (Wildman–Crippen MR) is 183 cm³/mol. The molecule has 46 heavy (non-hydrogen) atoms. The van der Waals surface area contributed by atoms with Crippen molar-refractivity contribution in [1.29, 1.82) is 0 Å². The Hall–Kier alpha value is -5.02. The Labute approximate surface area is 272 Å². The van der Waals surface area contributed by atoms with Crippen LogP contribution in [0.25, 0.3) is 11.0 Å². The number of carbonyl (C=O) groups excluding carboxylic acids is 2. The number of nitrogens with one attached hydrogen (secondary N) is 1. The average molecular weight is 630 g/mol. The minimum atomic E-state index is -0.270. The molecule has 0 spiro atoms. The number of para-hydroxylation sites is 2. The maximum atomic E-state index is 13.9. The van der Waals surface area contributed by atoms with Gasteiger partial charge in [-0.15, -0.1) is 0 Å². The molecule has 0 atom stereocenters. The van der Waals surface area contributed by atoms with Crippen LogP contribution in [0, 0.1) is 0 Å². The van der Waals surface area contributed by atoms with E-state index >= 15 is 0 Å². The number of fused-ring (bicyclic) bond motifs is 2. The highest BCUT2D eigenvalue weighted by atomic mass is 32.1. The average Bonchev–Trinajstić information content (AvgIpc) is 3.53. The number of aryl methyl sites for hydroxylation is 1. The number of hydrogen-bond donors (Lipinski definition) is 1. The van der Waals surface area contributed by atoms with Gasteiger partial charge in [0.25, 0.3) is 11.8 Å². The number of thiocarbonyl (C=S) groups is 1. The lowest BCUT2D eigenvalue weighted by Gasteiger charge is -2.35. The normalized spacial score (nSPS) is 15.2. The molecule has 2 aliphatic heterocycles. The van der Waals surface area contributed by atoms with Crippen molar-refractivity contribution in [3.63, 3.8) is 0 Å². The van der Waals surface area contributed by atoms with Crippen LogP contribution in [0.4, 0.5) is 0 Å². The molecule has 2 amide bonds. The molecule has 0 radical (unpaired) electrons. The molecule has 0 aliphatic carbocycles. The molecule has 1 N–H and O–H groups in total. The lowest BCUT2D eigenvalue weighted by molar-refractivity contribution is 0.0650. The number of benzene rings is 4. The van der Waals surface area contributed by atoms with Crippen molar-refractivity contribution in [2.24, 2.45) is 0 Å². The van der Waals surface area contributed by atoms with E-state index in [2.05, 4.69) is 34.5 Å². The summed E-state index contributed by atoms with van der Waals surface area (Å²) in [6.45, 7) is 2.14. The molecule has 1 saturated heterocycles. The highest BCUT2D eigenvalue weighted by molar-refractivity contribution is 7.80. The third kappa shape index (κ3) is 5.51. The van der Waals surface area contributed by atoms with Crippen molar-refractivity contribution < 1.29 is 9.59 Å². The number of aromatic nitrogens is 2. The summed E-state index contributed by atoms with van der Waals surface area (Å²) in [7, 11) is 0. The summed E-state index contributed by atoms with van der Waals surface area (Å²) in [5.74, 6) is -0.540. The van der Waals surface area contributed by atoms with Gasteiger partial charge in [0.05, 0.1) is 28.2 Å². The van der Waals surface area contributed by atoms with Crippen LogP contribution in [0.2, 0.25) is 0 Å². The summed E-state index contributed by atoms with van der Waals surface area (Å²) in [4.78, 5) is 43.1. The van der Waals surface area contributed by atoms with Gasteiger partial charge >= 0.3 is 5.69 Å². The van der Waals surface area contributed by atoms with Crippen LogP contribution in [0.5, 0.6) is 0 Å². The molecule has 4 aromatic carbocycles. The molecule has 9 heteroatoms. The minimum Gasteiger partial charge on any atom is -0.352 e. The fourth-order valence-corrected chi connectivity index (χ4v) is 7.12. The molecule has 7 rings (SSSR count). The van der Waals surface area contributed by atoms with E-state index in [-0.39, 0.29) is 36.1 Å². The Morgan fingerprint density at radius 1 is 0.696 bits per heavy atom. The third-order valence-corrected chi connectivity index (χ3v) is 9.54. The van der Waals surface area contributed by atoms with E-state index in [9.17, 15) is 14.4 Å². The second-order valence-electron chi connectivity index (χ2n) is 11.9. The van der Waals surface area contributed by atoms with Crippen LogP contribution in [0.1, 0.15) is 63.2 Å². The van der Waals surface area contributed by atoms with Crippen LogP contribution in [-0.4, -0.2) is 55.5 Å². The largest absolute Gasteiger partial charge is 0.352 e. The Bertz CT molecular complexity index is 1890. The monoisotopic (exact) mass is 629 g/mol. The van der Waals surface area contributed by atoms with Gasteiger partial charge in [-0.05, 0) is 66.9 Å². The van der Waals surface area contributed by atoms with Gasteiger partial charge in [0.1, 0.15) is 0 Å². The summed E-state index contributed by atoms with van der Waals surface area (Å²) < 4.78 is 3.72. The summed E-state index contributed by atoms with van der Waals surface area (Å²) in [5.41, 5.74) is 4.89. The SMILES string of the molecule is O=C1c2ccccc2C(=O)N1CCCn1c(=O)n(C2CCN(C(=S)NC(c3ccccc3)c3ccccc3)CC2)c2ccccc21. The summed E-state index contributed by atoms with van der Waals surface area (Å²) in [5, 5.41) is 4.32. The zero-order valence-corrected chi connectivity index (χ0v) is 26.2. The number of likely N-dealkylation sites (tertiary alicyclic amines) is 1. The first-order valence-electron chi connectivity index (χ1n) is 15.8. The van der Waals surface area contributed by atoms with Crippen LogP contribution in [-0.2, 0) is 6.54 Å². The first-order valence-corrected chi connectivity index (χ1v) is 16.2. The fraction of sp³-hybridized carbons (Fsp3) is 0.243. The van der Waals surface area contributed by atoms with E-state index in [1.54, 1.807) is 28.8 Å². The van der Waals surface area contributed by atoms with E-state index in [0.717, 1.165) is 48.1 Å². The Kier molecular flexibility index (Phi) is 8.24. The molecule has 1 aromatic heterocycles. The van der Waals surface area contributed by atoms with Crippen molar-refractivity contribution in [1.82, 2.24) is 24.3 Å². The number of nitrogens with zero attached hydrogens (tertiary/aromatic N) is 4. The quantitative estimate of drug-likeness (QED) is 0.173. The van der Waals surface area contributed by atoms with Crippen molar-refractivity contribution in [2.75, 3.05) is 19.6 Å². The van der Waals surface area contributed by atoms with Crippen LogP contribution >= 0.6 is 12.2 Å². The highest BCUT2D eigenvalue weighted by Crippen LogP contribution is 2.28. The highest BCUT2D eigenvalue weighted by Gasteiger charge is 2.34. The molecule has 2 aliphatic rings. The van der Waals surface area contributed by atoms with Gasteiger partial charge in [-0.3, -0.25) is 23.6 Å². The number of carbonyl (C=O) groups is 2. The van der Waals surface area contributed by atoms with Gasteiger partial charge in [-0.1, -0.05) is 84.9 Å². The smallest absolute Gasteiger partial charge is 0.329 e. The minimum absolute atomic E-state index is 0.0352. The van der Waals surface area contributed by atoms with Gasteiger partial charge in [0.15, 0.2) is 5.11 Å². The number of amides is 2. The second-order valence-corrected chi connectivity index (χ2v) is 12.3. The Balaban J connectivity index is 1.03. The first-order chi connectivity index (χ1) is 22.5. The number of imidazole rings is 1. The van der Waals surface area contributed by atoms with Crippen molar-refractivity contribution in [2.45, 2.75) is 37.9 Å². The second kappa shape index (κ2) is 12.8. The number of hydrogen-bond acceptors (Lipinski definition) is 4. The maximum Gasteiger partial charge on any atom is 0.329 e. The van der Waals surface area contributed by atoms with E-state index in [4.69, 9.17) is 12.2 Å². The molecule has 0 unspecified atom stereocenters. The zero-order chi connectivity index (χ0) is 31.6. The Morgan fingerprint density at radius 2 is 1.22 bits per heavy atom. The molecule has 0 bridgehead atoms. The number of imide groups is 1. The first kappa shape index (κ1) is 29.7. The standard InChI is InChI=1S/C37H35N5O3S/c43-34-29-16-7-8-17-30(29)35(44)41(34)23-11-22-40-31-18-9-10-19-32(31)42(37(40)45)28-20-24-39(25-21-28)36(46)38-33(26-12-3-1-4-13-26)27-14-5-2-6-15-27/h1-10,12-19,28,33H,11,20-25H2,(H,38,46). The molecular formula is C37H35N5O3S. The molecular weight excluding hydrogens is 595 g/mol. The summed E-state index contributed by atoms with van der Waals surface area (Å²) in [6.07, 6.45) is 2.06. The molecule has 5 aromatic rings. The fourth-order valence-electron chi connectivity index (χ4n) is 6.82. The van der Waals surface area contributed by atoms with Crippen LogP contribution in [0.15, 0.2) is 114 Å². The van der Waals surface area contributed by atoms with Crippen LogP contribution in [0.3, 0.4) is 0 Å². The van der Waals surface area contributed by atoms with Gasteiger partial charge in [0.2, 0.25) is 0 Å². The van der Waals surface area contributed by atoms with Gasteiger partial charge < -0.3 is 10.2 Å². The van der Waals surface area contributed by atoms with E-state index in [1.807, 2.05) is 65.2 Å². The molecule has 1 fully saturated rings. The lowest BCUT2D eigenvalue weighted by Crippen LogP contribution is -2.46. The summed E-state index contributed by atoms with van der Waals surface area (Å²) >= 11 is 5.94. The Morgan fingerprint density at radius 3 is 1.80 bits per heavy atom. The van der Waals surface area contributed by atoms with Crippen LogP contribution < -0.4 is 11.0 Å². The molecule has 8 nitrogen and oxygen atoms in total. The van der Waals surface area contributed by atoms with Gasteiger partial charge in [0, 0.05) is 32.2 Å². The maximum absolute atomic E-state index is 13.9. The number of rotatable bonds is 8. The lowest BCUT2D eigenvalue weighted by atomic mass is 9.99. The van der Waals surface area contributed by atoms with Crippen molar-refractivity contribution in [3.8, 4) is 0 Å².